The monoisotopic (exact) mass is 259 g/mol. The third-order valence-corrected chi connectivity index (χ3v) is 4.28. The van der Waals surface area contributed by atoms with Gasteiger partial charge in [0.1, 0.15) is 11.6 Å². The van der Waals surface area contributed by atoms with Gasteiger partial charge in [0.25, 0.3) is 0 Å². The molecule has 104 valence electrons. The number of hydrogen-bond donors (Lipinski definition) is 2. The number of rotatable bonds is 8. The van der Waals surface area contributed by atoms with E-state index in [2.05, 4.69) is 34.7 Å². The van der Waals surface area contributed by atoms with Crippen molar-refractivity contribution in [1.29, 1.82) is 0 Å². The molecule has 0 radical (unpaired) electrons. The Labute approximate surface area is 116 Å². The molecule has 0 unspecified atom stereocenters. The van der Waals surface area contributed by atoms with E-state index in [9.17, 15) is 0 Å². The van der Waals surface area contributed by atoms with Gasteiger partial charge in [-0.2, -0.15) is 0 Å². The molecule has 0 aliphatic heterocycles. The van der Waals surface area contributed by atoms with Gasteiger partial charge >= 0.3 is 0 Å². The number of anilines is 2. The second kappa shape index (κ2) is 5.81. The molecule has 1 heterocycles. The second-order valence-electron chi connectivity index (χ2n) is 6.05. The summed E-state index contributed by atoms with van der Waals surface area (Å²) in [7, 11) is 0. The average Bonchev–Trinajstić information content (AvgIpc) is 3.29. The first-order chi connectivity index (χ1) is 9.36. The summed E-state index contributed by atoms with van der Waals surface area (Å²) in [6, 6.07) is 6.20. The first-order valence-corrected chi connectivity index (χ1v) is 7.81. The highest BCUT2D eigenvalue weighted by Gasteiger charge is 2.40. The van der Waals surface area contributed by atoms with Crippen molar-refractivity contribution >= 4 is 11.6 Å². The summed E-state index contributed by atoms with van der Waals surface area (Å²) < 4.78 is 0. The van der Waals surface area contributed by atoms with Crippen molar-refractivity contribution < 1.29 is 0 Å². The van der Waals surface area contributed by atoms with Crippen LogP contribution in [0.2, 0.25) is 0 Å². The topological polar surface area (TPSA) is 37.0 Å². The summed E-state index contributed by atoms with van der Waals surface area (Å²) in [6.45, 7) is 4.27. The highest BCUT2D eigenvalue weighted by Crippen LogP contribution is 2.49. The molecule has 2 aliphatic rings. The zero-order chi connectivity index (χ0) is 13.1. The smallest absolute Gasteiger partial charge is 0.128 e. The maximum atomic E-state index is 4.62. The number of hydrogen-bond acceptors (Lipinski definition) is 3. The van der Waals surface area contributed by atoms with Gasteiger partial charge in [0, 0.05) is 13.1 Å². The lowest BCUT2D eigenvalue weighted by Gasteiger charge is -2.17. The fraction of sp³-hybridized carbons (Fsp3) is 0.688. The molecule has 2 fully saturated rings. The summed E-state index contributed by atoms with van der Waals surface area (Å²) in [4.78, 5) is 4.62. The first-order valence-electron chi connectivity index (χ1n) is 7.81. The molecule has 0 bridgehead atoms. The number of aromatic nitrogens is 1. The van der Waals surface area contributed by atoms with Crippen molar-refractivity contribution in [1.82, 2.24) is 4.98 Å². The van der Waals surface area contributed by atoms with Crippen LogP contribution in [0.25, 0.3) is 0 Å². The van der Waals surface area contributed by atoms with E-state index in [1.807, 2.05) is 6.07 Å². The van der Waals surface area contributed by atoms with E-state index >= 15 is 0 Å². The molecule has 1 aromatic heterocycles. The highest BCUT2D eigenvalue weighted by atomic mass is 15.1. The van der Waals surface area contributed by atoms with Crippen LogP contribution in [0.3, 0.4) is 0 Å². The van der Waals surface area contributed by atoms with E-state index in [0.717, 1.165) is 48.9 Å². The Bertz CT molecular complexity index is 398. The van der Waals surface area contributed by atoms with Crippen LogP contribution in [0.15, 0.2) is 18.2 Å². The van der Waals surface area contributed by atoms with Crippen LogP contribution in [0, 0.1) is 17.8 Å². The predicted molar refractivity (Wildman–Crippen MR) is 80.4 cm³/mol. The largest absolute Gasteiger partial charge is 0.370 e. The molecule has 0 amide bonds. The fourth-order valence-electron chi connectivity index (χ4n) is 2.87. The van der Waals surface area contributed by atoms with Crippen molar-refractivity contribution in [2.24, 2.45) is 17.8 Å². The summed E-state index contributed by atoms with van der Waals surface area (Å²) in [5, 5.41) is 6.89. The van der Waals surface area contributed by atoms with E-state index in [0.29, 0.717) is 0 Å². The molecule has 3 heteroatoms. The summed E-state index contributed by atoms with van der Waals surface area (Å²) >= 11 is 0. The van der Waals surface area contributed by atoms with E-state index in [1.54, 1.807) is 0 Å². The van der Waals surface area contributed by atoms with Gasteiger partial charge in [-0.3, -0.25) is 0 Å². The third-order valence-electron chi connectivity index (χ3n) is 4.28. The van der Waals surface area contributed by atoms with Gasteiger partial charge in [-0.1, -0.05) is 13.0 Å². The van der Waals surface area contributed by atoms with Crippen molar-refractivity contribution in [3.8, 4) is 0 Å². The predicted octanol–water partition coefficient (Wildman–Crippen LogP) is 3.75. The van der Waals surface area contributed by atoms with Crippen LogP contribution in [0.5, 0.6) is 0 Å². The van der Waals surface area contributed by atoms with Gasteiger partial charge < -0.3 is 10.6 Å². The molecule has 0 spiro atoms. The Morgan fingerprint density at radius 1 is 1.11 bits per heavy atom. The Morgan fingerprint density at radius 3 is 2.32 bits per heavy atom. The normalized spacial score (nSPS) is 18.6. The zero-order valence-corrected chi connectivity index (χ0v) is 11.9. The van der Waals surface area contributed by atoms with Crippen LogP contribution in [0.4, 0.5) is 11.6 Å². The lowest BCUT2D eigenvalue weighted by molar-refractivity contribution is 0.428. The Hall–Kier alpha value is -1.25. The van der Waals surface area contributed by atoms with Gasteiger partial charge in [0.15, 0.2) is 0 Å². The molecule has 0 atom stereocenters. The van der Waals surface area contributed by atoms with E-state index in [-0.39, 0.29) is 0 Å². The van der Waals surface area contributed by atoms with Crippen LogP contribution < -0.4 is 10.6 Å². The molecule has 3 rings (SSSR count). The number of nitrogens with one attached hydrogen (secondary N) is 2. The van der Waals surface area contributed by atoms with E-state index in [4.69, 9.17) is 0 Å². The molecule has 3 nitrogen and oxygen atoms in total. The number of pyridine rings is 1. The molecule has 2 aliphatic carbocycles. The van der Waals surface area contributed by atoms with Gasteiger partial charge in [-0.15, -0.1) is 0 Å². The van der Waals surface area contributed by atoms with Crippen LogP contribution in [-0.2, 0) is 0 Å². The van der Waals surface area contributed by atoms with Gasteiger partial charge in [0.05, 0.1) is 0 Å². The standard InChI is InChI=1S/C16H25N3/c1-2-10-17-15-4-3-5-16(19-15)18-11-14(12-6-7-12)13-8-9-13/h3-5,12-14H,2,6-11H2,1H3,(H2,17,18,19). The van der Waals surface area contributed by atoms with Crippen molar-refractivity contribution in [2.75, 3.05) is 23.7 Å². The fourth-order valence-corrected chi connectivity index (χ4v) is 2.87. The van der Waals surface area contributed by atoms with Gasteiger partial charge in [0.2, 0.25) is 0 Å². The average molecular weight is 259 g/mol. The molecule has 1 aromatic rings. The Balaban J connectivity index is 1.53. The molecular formula is C16H25N3. The number of nitrogens with zero attached hydrogens (tertiary/aromatic N) is 1. The maximum Gasteiger partial charge on any atom is 0.128 e. The van der Waals surface area contributed by atoms with Crippen LogP contribution >= 0.6 is 0 Å². The van der Waals surface area contributed by atoms with Crippen molar-refractivity contribution in [2.45, 2.75) is 39.0 Å². The SMILES string of the molecule is CCCNc1cccc(NCC(C2CC2)C2CC2)n1. The van der Waals surface area contributed by atoms with Gasteiger partial charge in [-0.25, -0.2) is 4.98 Å². The van der Waals surface area contributed by atoms with Crippen LogP contribution in [0.1, 0.15) is 39.0 Å². The molecule has 0 aromatic carbocycles. The second-order valence-corrected chi connectivity index (χ2v) is 6.05. The minimum atomic E-state index is 0.897. The quantitative estimate of drug-likeness (QED) is 0.746. The van der Waals surface area contributed by atoms with Crippen LogP contribution in [-0.4, -0.2) is 18.1 Å². The molecule has 19 heavy (non-hydrogen) atoms. The minimum absolute atomic E-state index is 0.897. The Morgan fingerprint density at radius 2 is 1.74 bits per heavy atom. The van der Waals surface area contributed by atoms with Gasteiger partial charge in [-0.05, 0) is 62.0 Å². The van der Waals surface area contributed by atoms with E-state index in [1.165, 1.54) is 25.7 Å². The highest BCUT2D eigenvalue weighted by molar-refractivity contribution is 5.45. The van der Waals surface area contributed by atoms with Crippen molar-refractivity contribution in [3.63, 3.8) is 0 Å². The zero-order valence-electron chi connectivity index (χ0n) is 11.9. The molecule has 2 saturated carbocycles. The molecular weight excluding hydrogens is 234 g/mol. The van der Waals surface area contributed by atoms with E-state index < -0.39 is 0 Å². The summed E-state index contributed by atoms with van der Waals surface area (Å²) in [6.07, 6.45) is 6.94. The lowest BCUT2D eigenvalue weighted by Crippen LogP contribution is -2.19. The van der Waals surface area contributed by atoms with Crippen molar-refractivity contribution in [3.05, 3.63) is 18.2 Å². The lowest BCUT2D eigenvalue weighted by atomic mass is 9.98. The minimum Gasteiger partial charge on any atom is -0.370 e. The summed E-state index contributed by atoms with van der Waals surface area (Å²) in [5.74, 6) is 4.91. The third kappa shape index (κ3) is 3.62. The first kappa shape index (κ1) is 12.8. The Kier molecular flexibility index (Phi) is 3.90. The molecule has 2 N–H and O–H groups in total. The summed E-state index contributed by atoms with van der Waals surface area (Å²) in [5.41, 5.74) is 0. The molecule has 0 saturated heterocycles. The maximum absolute atomic E-state index is 4.62.